The third-order valence-corrected chi connectivity index (χ3v) is 4.63. The molecule has 0 aliphatic heterocycles. The van der Waals surface area contributed by atoms with E-state index in [1.807, 2.05) is 36.8 Å². The molecule has 4 rings (SSSR count). The molecule has 12 nitrogen and oxygen atoms in total. The van der Waals surface area contributed by atoms with Gasteiger partial charge in [-0.15, -0.1) is 0 Å². The zero-order valence-corrected chi connectivity index (χ0v) is 24.1. The second-order valence-corrected chi connectivity index (χ2v) is 7.51. The Morgan fingerprint density at radius 2 is 1.38 bits per heavy atom. The van der Waals surface area contributed by atoms with Gasteiger partial charge >= 0.3 is 32.9 Å². The van der Waals surface area contributed by atoms with E-state index in [2.05, 4.69) is 32.5 Å². The molecule has 2 amide bonds. The molecular weight excluding hydrogens is 682 g/mol. The van der Waals surface area contributed by atoms with Crippen molar-refractivity contribution >= 4 is 30.6 Å². The molecule has 0 atom stereocenters. The Labute approximate surface area is 241 Å². The van der Waals surface area contributed by atoms with Gasteiger partial charge in [0, 0.05) is 50.2 Å². The Morgan fingerprint density at radius 1 is 0.897 bits per heavy atom. The van der Waals surface area contributed by atoms with Crippen molar-refractivity contribution < 1.29 is 40.2 Å². The number of benzene rings is 1. The average Bonchev–Trinajstić information content (AvgIpc) is 3.69. The minimum absolute atomic E-state index is 0. The van der Waals surface area contributed by atoms with Crippen LogP contribution in [0.5, 0.6) is 0 Å². The summed E-state index contributed by atoms with van der Waals surface area (Å²) in [5.41, 5.74) is 0.864. The first-order valence-corrected chi connectivity index (χ1v) is 11.2. The van der Waals surface area contributed by atoms with Crippen molar-refractivity contribution in [3.63, 3.8) is 0 Å². The summed E-state index contributed by atoms with van der Waals surface area (Å²) < 4.78 is 10.2. The van der Waals surface area contributed by atoms with Crippen LogP contribution in [0, 0.1) is 19.3 Å². The topological polar surface area (TPSA) is 129 Å². The van der Waals surface area contributed by atoms with Gasteiger partial charge in [-0.3, -0.25) is 9.59 Å². The number of amides is 2. The van der Waals surface area contributed by atoms with Gasteiger partial charge in [-0.05, 0) is 68.0 Å². The molecule has 3 aromatic heterocycles. The summed E-state index contributed by atoms with van der Waals surface area (Å²) in [4.78, 5) is 35.4. The first kappa shape index (κ1) is 32.6. The first-order valence-electron chi connectivity index (χ1n) is 11.2. The number of ether oxygens (including phenoxy) is 1. The third kappa shape index (κ3) is 9.76. The quantitative estimate of drug-likeness (QED) is 0.139. The fourth-order valence-corrected chi connectivity index (χ4v) is 2.90. The van der Waals surface area contributed by atoms with Crippen LogP contribution in [-0.2, 0) is 35.4 Å². The minimum Gasteiger partial charge on any atom is -0.462 e. The van der Waals surface area contributed by atoms with Crippen molar-refractivity contribution in [1.29, 1.82) is 0 Å². The molecule has 0 aliphatic carbocycles. The van der Waals surface area contributed by atoms with Crippen LogP contribution in [0.15, 0.2) is 79.6 Å². The predicted octanol–water partition coefficient (Wildman–Crippen LogP) is 1.55. The van der Waals surface area contributed by atoms with Gasteiger partial charge in [-0.25, -0.2) is 20.1 Å². The van der Waals surface area contributed by atoms with Gasteiger partial charge in [-0.2, -0.15) is 0 Å². The average molecular weight is 710 g/mol. The molecule has 0 unspecified atom stereocenters. The first-order chi connectivity index (χ1) is 17.9. The van der Waals surface area contributed by atoms with Crippen LogP contribution in [0.2, 0.25) is 0 Å². The van der Waals surface area contributed by atoms with E-state index in [1.165, 1.54) is 17.0 Å². The molecule has 4 aromatic rings. The van der Waals surface area contributed by atoms with E-state index >= 15 is 0 Å². The molecular formula is C25H28BN8O4Pt. The van der Waals surface area contributed by atoms with Crippen LogP contribution in [0.3, 0.4) is 0 Å². The number of carbonyl (C=O) groups excluding carboxylic acids is 3. The number of hydrogen-bond donors (Lipinski definition) is 1. The molecule has 1 N–H and O–H groups in total. The monoisotopic (exact) mass is 710 g/mol. The van der Waals surface area contributed by atoms with Gasteiger partial charge in [0.25, 0.3) is 13.0 Å². The molecule has 0 saturated heterocycles. The van der Waals surface area contributed by atoms with Crippen molar-refractivity contribution in [2.45, 2.75) is 6.92 Å². The molecule has 0 aliphatic rings. The normalized spacial score (nSPS) is 9.44. The van der Waals surface area contributed by atoms with Crippen LogP contribution in [0.1, 0.15) is 17.3 Å². The molecule has 0 fully saturated rings. The Balaban J connectivity index is 0.000000380. The van der Waals surface area contributed by atoms with Gasteiger partial charge in [0.05, 0.1) is 12.2 Å². The SMILES string of the molecule is CCOC(=O)c1ccc(NC(=O)C#CC(=O)N(C)C)cc1.[CH3-].[Pt+2].c1cnn([B-](n2cccn2)n2cccn2)c1. The Bertz CT molecular complexity index is 1270. The largest absolute Gasteiger partial charge is 2.00 e. The van der Waals surface area contributed by atoms with Gasteiger partial charge in [-0.1, -0.05) is 0 Å². The van der Waals surface area contributed by atoms with Crippen LogP contribution >= 0.6 is 0 Å². The van der Waals surface area contributed by atoms with E-state index in [0.717, 1.165) is 0 Å². The molecule has 1 aromatic carbocycles. The molecule has 0 saturated carbocycles. The standard InChI is InChI=1S/C15H16N2O4.C9H9BN6.CH3.Pt/c1-4-21-15(20)11-5-7-12(8-6-11)16-13(18)9-10-14(19)17(2)3;1-4-11-14(7-1)10(15-8-2-5-12-15)16-9-3-6-13-16;;/h5-8H,4H2,1-3H3,(H,16,18);1-9H;1H3;/q;2*-1;+2. The van der Waals surface area contributed by atoms with Gasteiger partial charge in [0.15, 0.2) is 0 Å². The van der Waals surface area contributed by atoms with Gasteiger partial charge in [0.2, 0.25) is 0 Å². The maximum Gasteiger partial charge on any atom is 2.00 e. The third-order valence-electron chi connectivity index (χ3n) is 4.63. The second kappa shape index (κ2) is 16.4. The van der Waals surface area contributed by atoms with Crippen molar-refractivity contribution in [3.05, 3.63) is 92.6 Å². The second-order valence-electron chi connectivity index (χ2n) is 7.51. The van der Waals surface area contributed by atoms with Crippen molar-refractivity contribution in [2.24, 2.45) is 0 Å². The maximum absolute atomic E-state index is 11.5. The summed E-state index contributed by atoms with van der Waals surface area (Å²) in [5, 5.41) is 15.2. The van der Waals surface area contributed by atoms with E-state index in [0.29, 0.717) is 17.9 Å². The minimum atomic E-state index is -0.603. The van der Waals surface area contributed by atoms with Crippen LogP contribution in [0.4, 0.5) is 5.69 Å². The van der Waals surface area contributed by atoms with Crippen LogP contribution in [0.25, 0.3) is 0 Å². The van der Waals surface area contributed by atoms with Crippen molar-refractivity contribution in [1.82, 2.24) is 34.0 Å². The summed E-state index contributed by atoms with van der Waals surface area (Å²) in [6.45, 7) is 2.02. The van der Waals surface area contributed by atoms with E-state index in [-0.39, 0.29) is 35.6 Å². The fourth-order valence-electron chi connectivity index (χ4n) is 2.90. The zero-order chi connectivity index (χ0) is 26.6. The number of nitrogens with zero attached hydrogens (tertiary/aromatic N) is 7. The summed E-state index contributed by atoms with van der Waals surface area (Å²) in [7, 11) is 2.89. The molecule has 205 valence electrons. The molecule has 39 heavy (non-hydrogen) atoms. The summed E-state index contributed by atoms with van der Waals surface area (Å²) in [6.07, 6.45) is 10.9. The van der Waals surface area contributed by atoms with Crippen molar-refractivity contribution in [3.8, 4) is 11.8 Å². The number of aromatic nitrogens is 6. The Hall–Kier alpha value is -4.43. The maximum atomic E-state index is 11.5. The summed E-state index contributed by atoms with van der Waals surface area (Å²) in [5.74, 6) is 2.90. The fraction of sp³-hybridized carbons (Fsp3) is 0.160. The molecule has 0 spiro atoms. The van der Waals surface area contributed by atoms with Gasteiger partial charge in [0.1, 0.15) is 0 Å². The number of hydrogen-bond acceptors (Lipinski definition) is 7. The van der Waals surface area contributed by atoms with Gasteiger partial charge < -0.3 is 36.2 Å². The number of esters is 1. The Kier molecular flexibility index (Phi) is 13.7. The molecule has 14 heteroatoms. The van der Waals surface area contributed by atoms with Crippen LogP contribution in [-0.4, -0.2) is 79.6 Å². The predicted molar refractivity (Wildman–Crippen MR) is 143 cm³/mol. The summed E-state index contributed by atoms with van der Waals surface area (Å²) in [6, 6.07) is 11.8. The number of anilines is 1. The van der Waals surface area contributed by atoms with E-state index in [9.17, 15) is 14.4 Å². The molecule has 1 radical (unpaired) electrons. The molecule has 3 heterocycles. The van der Waals surface area contributed by atoms with Crippen molar-refractivity contribution in [2.75, 3.05) is 26.0 Å². The Morgan fingerprint density at radius 3 is 1.77 bits per heavy atom. The number of carbonyl (C=O) groups is 3. The smallest absolute Gasteiger partial charge is 0.462 e. The van der Waals surface area contributed by atoms with Crippen LogP contribution < -0.4 is 5.32 Å². The molecule has 0 bridgehead atoms. The van der Waals surface area contributed by atoms with E-state index in [1.54, 1.807) is 65.5 Å². The van der Waals surface area contributed by atoms with E-state index in [4.69, 9.17) is 4.74 Å². The number of rotatable bonds is 6. The van der Waals surface area contributed by atoms with E-state index < -0.39 is 17.8 Å². The summed E-state index contributed by atoms with van der Waals surface area (Å²) >= 11 is 0. The zero-order valence-electron chi connectivity index (χ0n) is 21.9. The number of nitrogens with one attached hydrogen (secondary N) is 1.